The third kappa shape index (κ3) is 3.94. The van der Waals surface area contributed by atoms with Crippen LogP contribution in [-0.2, 0) is 4.74 Å². The maximum absolute atomic E-state index is 6.03. The predicted octanol–water partition coefficient (Wildman–Crippen LogP) is 3.99. The minimum atomic E-state index is -0.142. The molecule has 1 aromatic rings. The molecule has 90 valence electrons. The Hall–Kier alpha value is -0.290. The fourth-order valence-electron chi connectivity index (χ4n) is 1.54. The molecule has 0 aliphatic heterocycles. The highest BCUT2D eigenvalue weighted by molar-refractivity contribution is 14.1. The standard InChI is InChI=1S/C13H19IO2/c1-13(2,3)16-12(9-14)10-7-5-6-8-11(10)15-4/h5-8,12H,9H2,1-4H3. The Bertz CT molecular complexity index is 331. The molecule has 0 aromatic heterocycles. The van der Waals surface area contributed by atoms with Crippen molar-refractivity contribution in [1.29, 1.82) is 0 Å². The first-order valence-corrected chi connectivity index (χ1v) is 6.87. The van der Waals surface area contributed by atoms with Gasteiger partial charge in [0.05, 0.1) is 18.8 Å². The minimum absolute atomic E-state index is 0.0803. The van der Waals surface area contributed by atoms with Crippen LogP contribution in [0.2, 0.25) is 0 Å². The SMILES string of the molecule is COc1ccccc1C(CI)OC(C)(C)C. The number of halogens is 1. The Labute approximate surface area is 111 Å². The largest absolute Gasteiger partial charge is 0.496 e. The van der Waals surface area contributed by atoms with Gasteiger partial charge in [0.15, 0.2) is 0 Å². The van der Waals surface area contributed by atoms with Gasteiger partial charge in [-0.15, -0.1) is 0 Å². The van der Waals surface area contributed by atoms with Crippen LogP contribution in [0.15, 0.2) is 24.3 Å². The van der Waals surface area contributed by atoms with E-state index >= 15 is 0 Å². The van der Waals surface area contributed by atoms with Crippen molar-refractivity contribution in [1.82, 2.24) is 0 Å². The van der Waals surface area contributed by atoms with Gasteiger partial charge in [0, 0.05) is 9.99 Å². The van der Waals surface area contributed by atoms with Crippen LogP contribution in [0.4, 0.5) is 0 Å². The summed E-state index contributed by atoms with van der Waals surface area (Å²) in [6, 6.07) is 8.03. The van der Waals surface area contributed by atoms with Crippen LogP contribution >= 0.6 is 22.6 Å². The van der Waals surface area contributed by atoms with Gasteiger partial charge in [-0.25, -0.2) is 0 Å². The number of hydrogen-bond acceptors (Lipinski definition) is 2. The first kappa shape index (κ1) is 13.8. The van der Waals surface area contributed by atoms with Gasteiger partial charge < -0.3 is 9.47 Å². The molecule has 0 fully saturated rings. The third-order valence-corrected chi connectivity index (χ3v) is 2.92. The fourth-order valence-corrected chi connectivity index (χ4v) is 2.19. The van der Waals surface area contributed by atoms with E-state index in [0.717, 1.165) is 15.7 Å². The molecule has 1 atom stereocenters. The van der Waals surface area contributed by atoms with Crippen LogP contribution in [0.5, 0.6) is 5.75 Å². The van der Waals surface area contributed by atoms with Gasteiger partial charge in [-0.3, -0.25) is 0 Å². The lowest BCUT2D eigenvalue weighted by Crippen LogP contribution is -2.23. The Morgan fingerprint density at radius 2 is 1.88 bits per heavy atom. The number of alkyl halides is 1. The molecule has 0 heterocycles. The summed E-state index contributed by atoms with van der Waals surface area (Å²) < 4.78 is 12.3. The van der Waals surface area contributed by atoms with Gasteiger partial charge in [-0.05, 0) is 26.8 Å². The number of methoxy groups -OCH3 is 1. The molecular weight excluding hydrogens is 315 g/mol. The maximum Gasteiger partial charge on any atom is 0.124 e. The van der Waals surface area contributed by atoms with E-state index < -0.39 is 0 Å². The van der Waals surface area contributed by atoms with Crippen LogP contribution in [0.3, 0.4) is 0 Å². The van der Waals surface area contributed by atoms with Gasteiger partial charge in [0.25, 0.3) is 0 Å². The number of ether oxygens (including phenoxy) is 2. The Morgan fingerprint density at radius 1 is 1.25 bits per heavy atom. The summed E-state index contributed by atoms with van der Waals surface area (Å²) >= 11 is 2.35. The predicted molar refractivity (Wildman–Crippen MR) is 75.5 cm³/mol. The summed E-state index contributed by atoms with van der Waals surface area (Å²) in [5, 5.41) is 0. The highest BCUT2D eigenvalue weighted by Crippen LogP contribution is 2.31. The molecule has 0 aliphatic carbocycles. The maximum atomic E-state index is 6.03. The van der Waals surface area contributed by atoms with Crippen LogP contribution in [-0.4, -0.2) is 17.1 Å². The molecule has 0 N–H and O–H groups in total. The first-order valence-electron chi connectivity index (χ1n) is 5.34. The highest BCUT2D eigenvalue weighted by atomic mass is 127. The van der Waals surface area contributed by atoms with Crippen molar-refractivity contribution < 1.29 is 9.47 Å². The molecule has 0 aliphatic rings. The fraction of sp³-hybridized carbons (Fsp3) is 0.538. The van der Waals surface area contributed by atoms with Crippen LogP contribution in [0.1, 0.15) is 32.4 Å². The normalized spacial score (nSPS) is 13.6. The van der Waals surface area contributed by atoms with Gasteiger partial charge in [-0.1, -0.05) is 40.8 Å². The molecule has 3 heteroatoms. The van der Waals surface area contributed by atoms with E-state index in [0.29, 0.717) is 0 Å². The summed E-state index contributed by atoms with van der Waals surface area (Å²) in [5.41, 5.74) is 0.978. The second kappa shape index (κ2) is 5.87. The first-order chi connectivity index (χ1) is 7.48. The third-order valence-electron chi connectivity index (χ3n) is 2.12. The second-order valence-electron chi connectivity index (χ2n) is 4.62. The lowest BCUT2D eigenvalue weighted by atomic mass is 10.1. The lowest BCUT2D eigenvalue weighted by molar-refractivity contribution is -0.0501. The van der Waals surface area contributed by atoms with Crippen LogP contribution in [0.25, 0.3) is 0 Å². The summed E-state index contributed by atoms with van der Waals surface area (Å²) in [4.78, 5) is 0. The van der Waals surface area contributed by atoms with Crippen molar-refractivity contribution in [3.63, 3.8) is 0 Å². The van der Waals surface area contributed by atoms with Crippen molar-refractivity contribution >= 4 is 22.6 Å². The van der Waals surface area contributed by atoms with Crippen LogP contribution in [0, 0.1) is 0 Å². The summed E-state index contributed by atoms with van der Waals surface area (Å²) in [7, 11) is 1.69. The summed E-state index contributed by atoms with van der Waals surface area (Å²) in [6.45, 7) is 6.21. The molecule has 0 saturated carbocycles. The van der Waals surface area contributed by atoms with E-state index in [4.69, 9.17) is 9.47 Å². The van der Waals surface area contributed by atoms with E-state index in [-0.39, 0.29) is 11.7 Å². The molecule has 2 nitrogen and oxygen atoms in total. The average molecular weight is 334 g/mol. The minimum Gasteiger partial charge on any atom is -0.496 e. The van der Waals surface area contributed by atoms with Crippen molar-refractivity contribution in [2.24, 2.45) is 0 Å². The molecule has 1 unspecified atom stereocenters. The number of para-hydroxylation sites is 1. The second-order valence-corrected chi connectivity index (χ2v) is 5.50. The van der Waals surface area contributed by atoms with Gasteiger partial charge >= 0.3 is 0 Å². The molecule has 0 radical (unpaired) electrons. The summed E-state index contributed by atoms with van der Waals surface area (Å²) in [6.07, 6.45) is 0.0803. The molecule has 0 spiro atoms. The van der Waals surface area contributed by atoms with E-state index in [9.17, 15) is 0 Å². The van der Waals surface area contributed by atoms with Gasteiger partial charge in [-0.2, -0.15) is 0 Å². The molecule has 1 rings (SSSR count). The molecule has 16 heavy (non-hydrogen) atoms. The smallest absolute Gasteiger partial charge is 0.124 e. The highest BCUT2D eigenvalue weighted by Gasteiger charge is 2.21. The molecule has 0 amide bonds. The van der Waals surface area contributed by atoms with Crippen molar-refractivity contribution in [2.45, 2.75) is 32.5 Å². The number of rotatable bonds is 4. The topological polar surface area (TPSA) is 18.5 Å². The zero-order valence-corrected chi connectivity index (χ0v) is 12.4. The molecular formula is C13H19IO2. The zero-order valence-electron chi connectivity index (χ0n) is 10.3. The Balaban J connectivity index is 2.94. The Kier molecular flexibility index (Phi) is 5.05. The van der Waals surface area contributed by atoms with Crippen molar-refractivity contribution in [2.75, 3.05) is 11.5 Å². The van der Waals surface area contributed by atoms with E-state index in [1.54, 1.807) is 7.11 Å². The Morgan fingerprint density at radius 3 is 2.38 bits per heavy atom. The molecule has 0 saturated heterocycles. The monoisotopic (exact) mass is 334 g/mol. The zero-order chi connectivity index (χ0) is 12.2. The quantitative estimate of drug-likeness (QED) is 0.612. The van der Waals surface area contributed by atoms with Crippen molar-refractivity contribution in [3.05, 3.63) is 29.8 Å². The van der Waals surface area contributed by atoms with E-state index in [1.807, 2.05) is 18.2 Å². The lowest BCUT2D eigenvalue weighted by Gasteiger charge is -2.27. The van der Waals surface area contributed by atoms with Crippen molar-refractivity contribution in [3.8, 4) is 5.75 Å². The average Bonchev–Trinajstić information content (AvgIpc) is 2.24. The van der Waals surface area contributed by atoms with Crippen LogP contribution < -0.4 is 4.74 Å². The van der Waals surface area contributed by atoms with E-state index in [2.05, 4.69) is 49.4 Å². The molecule has 1 aromatic carbocycles. The van der Waals surface area contributed by atoms with Gasteiger partial charge in [0.1, 0.15) is 5.75 Å². The van der Waals surface area contributed by atoms with E-state index in [1.165, 1.54) is 0 Å². The number of hydrogen-bond donors (Lipinski definition) is 0. The van der Waals surface area contributed by atoms with Gasteiger partial charge in [0.2, 0.25) is 0 Å². The summed E-state index contributed by atoms with van der Waals surface area (Å²) in [5.74, 6) is 0.897. The molecule has 0 bridgehead atoms. The number of benzene rings is 1.